The van der Waals surface area contributed by atoms with Crippen molar-refractivity contribution in [2.45, 2.75) is 32.7 Å². The van der Waals surface area contributed by atoms with E-state index in [-0.39, 0.29) is 11.3 Å². The van der Waals surface area contributed by atoms with E-state index in [2.05, 4.69) is 54.6 Å². The quantitative estimate of drug-likeness (QED) is 0.556. The van der Waals surface area contributed by atoms with Crippen LogP contribution < -0.4 is 5.73 Å². The van der Waals surface area contributed by atoms with Crippen molar-refractivity contribution in [2.24, 2.45) is 5.73 Å². The minimum absolute atomic E-state index is 0.0896. The molecule has 0 saturated carbocycles. The lowest BCUT2D eigenvalue weighted by Gasteiger charge is -2.19. The highest BCUT2D eigenvalue weighted by Gasteiger charge is 2.14. The third kappa shape index (κ3) is 3.63. The number of rotatable bonds is 4. The van der Waals surface area contributed by atoms with Crippen molar-refractivity contribution in [1.29, 1.82) is 5.41 Å². The Balaban J connectivity index is 1.93. The lowest BCUT2D eigenvalue weighted by atomic mass is 9.87. The average Bonchev–Trinajstić information content (AvgIpc) is 3.02. The Morgan fingerprint density at radius 2 is 1.76 bits per heavy atom. The number of imidazole rings is 1. The first-order valence-corrected chi connectivity index (χ1v) is 8.40. The van der Waals surface area contributed by atoms with Crippen molar-refractivity contribution in [3.63, 3.8) is 0 Å². The predicted octanol–water partition coefficient (Wildman–Crippen LogP) is 4.18. The van der Waals surface area contributed by atoms with Crippen LogP contribution in [0.25, 0.3) is 11.4 Å². The van der Waals surface area contributed by atoms with Gasteiger partial charge in [-0.15, -0.1) is 0 Å². The van der Waals surface area contributed by atoms with Gasteiger partial charge in [-0.2, -0.15) is 0 Å². The second-order valence-electron chi connectivity index (χ2n) is 7.28. The summed E-state index contributed by atoms with van der Waals surface area (Å²) >= 11 is 0. The number of aromatic nitrogens is 2. The van der Waals surface area contributed by atoms with E-state index in [0.717, 1.165) is 22.5 Å². The highest BCUT2D eigenvalue weighted by atomic mass is 15.1. The zero-order chi connectivity index (χ0) is 18.0. The molecule has 0 aliphatic heterocycles. The Bertz CT molecular complexity index is 883. The third-order valence-corrected chi connectivity index (χ3v) is 4.37. The molecule has 3 aromatic rings. The van der Waals surface area contributed by atoms with Crippen LogP contribution in [0.2, 0.25) is 0 Å². The number of nitrogens with one attached hydrogen (secondary N) is 1. The molecule has 4 heteroatoms. The number of hydrogen-bond acceptors (Lipinski definition) is 2. The van der Waals surface area contributed by atoms with Crippen molar-refractivity contribution in [1.82, 2.24) is 9.55 Å². The monoisotopic (exact) mass is 332 g/mol. The standard InChI is InChI=1S/C21H24N4/c1-21(2,3)17-10-8-15(9-11-17)20-24-12-13-25(20)14-16-6-4-5-7-18(16)19(22)23/h4-13H,14H2,1-3H3,(H3,22,23). The van der Waals surface area contributed by atoms with Gasteiger partial charge in [-0.25, -0.2) is 4.98 Å². The molecule has 2 aromatic carbocycles. The summed E-state index contributed by atoms with van der Waals surface area (Å²) in [7, 11) is 0. The van der Waals surface area contributed by atoms with E-state index < -0.39 is 0 Å². The molecule has 0 atom stereocenters. The Morgan fingerprint density at radius 3 is 2.40 bits per heavy atom. The molecule has 1 heterocycles. The fourth-order valence-electron chi connectivity index (χ4n) is 2.92. The van der Waals surface area contributed by atoms with Gasteiger partial charge in [0.1, 0.15) is 11.7 Å². The highest BCUT2D eigenvalue weighted by molar-refractivity contribution is 5.96. The summed E-state index contributed by atoms with van der Waals surface area (Å²) in [6, 6.07) is 16.3. The van der Waals surface area contributed by atoms with Crippen LogP contribution >= 0.6 is 0 Å². The predicted molar refractivity (Wildman–Crippen MR) is 103 cm³/mol. The summed E-state index contributed by atoms with van der Waals surface area (Å²) < 4.78 is 2.09. The van der Waals surface area contributed by atoms with E-state index in [1.807, 2.05) is 36.7 Å². The number of hydrogen-bond donors (Lipinski definition) is 2. The van der Waals surface area contributed by atoms with Gasteiger partial charge in [-0.1, -0.05) is 69.3 Å². The van der Waals surface area contributed by atoms with Crippen LogP contribution in [0.1, 0.15) is 37.5 Å². The summed E-state index contributed by atoms with van der Waals surface area (Å²) in [6.07, 6.45) is 3.77. The molecule has 0 unspecified atom stereocenters. The van der Waals surface area contributed by atoms with E-state index in [9.17, 15) is 0 Å². The van der Waals surface area contributed by atoms with Crippen LogP contribution in [0.5, 0.6) is 0 Å². The largest absolute Gasteiger partial charge is 0.384 e. The van der Waals surface area contributed by atoms with Gasteiger partial charge in [0.05, 0.1) is 0 Å². The van der Waals surface area contributed by atoms with E-state index in [1.54, 1.807) is 0 Å². The van der Waals surface area contributed by atoms with Crippen molar-refractivity contribution >= 4 is 5.84 Å². The Morgan fingerprint density at radius 1 is 1.08 bits per heavy atom. The van der Waals surface area contributed by atoms with Crippen LogP contribution in [0.3, 0.4) is 0 Å². The van der Waals surface area contributed by atoms with Crippen LogP contribution in [0.15, 0.2) is 60.9 Å². The molecule has 0 radical (unpaired) electrons. The Kier molecular flexibility index (Phi) is 4.45. The zero-order valence-electron chi connectivity index (χ0n) is 15.0. The number of benzene rings is 2. The first kappa shape index (κ1) is 17.0. The van der Waals surface area contributed by atoms with Gasteiger partial charge in [0.2, 0.25) is 0 Å². The van der Waals surface area contributed by atoms with Crippen LogP contribution in [0.4, 0.5) is 0 Å². The number of amidine groups is 1. The molecule has 128 valence electrons. The normalized spacial score (nSPS) is 11.5. The molecular weight excluding hydrogens is 308 g/mol. The lowest BCUT2D eigenvalue weighted by Crippen LogP contribution is -2.15. The van der Waals surface area contributed by atoms with Gasteiger partial charge in [0, 0.05) is 30.1 Å². The summed E-state index contributed by atoms with van der Waals surface area (Å²) in [5, 5.41) is 7.76. The molecule has 0 saturated heterocycles. The van der Waals surface area contributed by atoms with Gasteiger partial charge >= 0.3 is 0 Å². The Hall–Kier alpha value is -2.88. The Labute approximate surface area is 148 Å². The zero-order valence-corrected chi connectivity index (χ0v) is 15.0. The van der Waals surface area contributed by atoms with Crippen LogP contribution in [-0.4, -0.2) is 15.4 Å². The molecule has 0 aliphatic carbocycles. The number of nitrogens with two attached hydrogens (primary N) is 1. The second kappa shape index (κ2) is 6.55. The highest BCUT2D eigenvalue weighted by Crippen LogP contribution is 2.26. The van der Waals surface area contributed by atoms with E-state index in [4.69, 9.17) is 11.1 Å². The van der Waals surface area contributed by atoms with Gasteiger partial charge in [-0.3, -0.25) is 5.41 Å². The second-order valence-corrected chi connectivity index (χ2v) is 7.28. The third-order valence-electron chi connectivity index (χ3n) is 4.37. The van der Waals surface area contributed by atoms with E-state index in [0.29, 0.717) is 6.54 Å². The maximum atomic E-state index is 7.76. The van der Waals surface area contributed by atoms with E-state index >= 15 is 0 Å². The first-order chi connectivity index (χ1) is 11.9. The van der Waals surface area contributed by atoms with Crippen LogP contribution in [-0.2, 0) is 12.0 Å². The average molecular weight is 332 g/mol. The minimum atomic E-state index is 0.0896. The molecule has 0 bridgehead atoms. The van der Waals surface area contributed by atoms with E-state index in [1.165, 1.54) is 5.56 Å². The van der Waals surface area contributed by atoms with Crippen molar-refractivity contribution in [2.75, 3.05) is 0 Å². The fraction of sp³-hybridized carbons (Fsp3) is 0.238. The molecule has 0 fully saturated rings. The molecule has 4 nitrogen and oxygen atoms in total. The summed E-state index contributed by atoms with van der Waals surface area (Å²) in [5.74, 6) is 1.01. The van der Waals surface area contributed by atoms with Crippen molar-refractivity contribution in [3.05, 3.63) is 77.6 Å². The van der Waals surface area contributed by atoms with Crippen molar-refractivity contribution in [3.8, 4) is 11.4 Å². The topological polar surface area (TPSA) is 67.7 Å². The summed E-state index contributed by atoms with van der Waals surface area (Å²) in [4.78, 5) is 4.53. The van der Waals surface area contributed by atoms with Gasteiger partial charge in [0.25, 0.3) is 0 Å². The first-order valence-electron chi connectivity index (χ1n) is 8.40. The molecule has 3 N–H and O–H groups in total. The van der Waals surface area contributed by atoms with Gasteiger partial charge in [0.15, 0.2) is 0 Å². The maximum Gasteiger partial charge on any atom is 0.140 e. The van der Waals surface area contributed by atoms with Gasteiger partial charge < -0.3 is 10.3 Å². The molecular formula is C21H24N4. The number of nitrogen functional groups attached to an aromatic ring is 1. The summed E-state index contributed by atoms with van der Waals surface area (Å²) in [6.45, 7) is 7.26. The lowest BCUT2D eigenvalue weighted by molar-refractivity contribution is 0.590. The van der Waals surface area contributed by atoms with Crippen molar-refractivity contribution < 1.29 is 0 Å². The number of nitrogens with zero attached hydrogens (tertiary/aromatic N) is 2. The molecule has 0 amide bonds. The molecule has 0 aliphatic rings. The molecule has 1 aromatic heterocycles. The molecule has 0 spiro atoms. The SMILES string of the molecule is CC(C)(C)c1ccc(-c2nccn2Cc2ccccc2C(=N)N)cc1. The minimum Gasteiger partial charge on any atom is -0.384 e. The maximum absolute atomic E-state index is 7.76. The summed E-state index contributed by atoms with van der Waals surface area (Å²) in [5.41, 5.74) is 10.0. The molecule has 25 heavy (non-hydrogen) atoms. The molecule has 3 rings (SSSR count). The van der Waals surface area contributed by atoms with Crippen LogP contribution in [0, 0.1) is 5.41 Å². The van der Waals surface area contributed by atoms with Gasteiger partial charge in [-0.05, 0) is 16.5 Å². The fourth-order valence-corrected chi connectivity index (χ4v) is 2.92. The smallest absolute Gasteiger partial charge is 0.140 e.